The molecule has 1 aliphatic rings. The van der Waals surface area contributed by atoms with Gasteiger partial charge in [0.2, 0.25) is 0 Å². The lowest BCUT2D eigenvalue weighted by molar-refractivity contribution is -0.139. The molecule has 18 heavy (non-hydrogen) atoms. The first-order valence-corrected chi connectivity index (χ1v) is 5.93. The lowest BCUT2D eigenvalue weighted by atomic mass is 10.0. The van der Waals surface area contributed by atoms with Crippen molar-refractivity contribution in [2.45, 2.75) is 13.0 Å². The van der Waals surface area contributed by atoms with Crippen LogP contribution >= 0.6 is 0 Å². The SMILES string of the molecule is [CH2]C(=O)OCc1cccc2c1Cc1ccccc1-2. The van der Waals surface area contributed by atoms with Crippen LogP contribution in [0.3, 0.4) is 0 Å². The van der Waals surface area contributed by atoms with Crippen LogP contribution < -0.4 is 0 Å². The molecule has 0 aromatic heterocycles. The molecular formula is C16H13O2. The number of carbonyl (C=O) groups is 1. The van der Waals surface area contributed by atoms with Gasteiger partial charge in [-0.05, 0) is 34.2 Å². The summed E-state index contributed by atoms with van der Waals surface area (Å²) in [5, 5.41) is 0. The Morgan fingerprint density at radius 2 is 1.89 bits per heavy atom. The fraction of sp³-hybridized carbons (Fsp3) is 0.125. The van der Waals surface area contributed by atoms with E-state index in [2.05, 4.69) is 37.3 Å². The number of benzene rings is 2. The van der Waals surface area contributed by atoms with E-state index in [9.17, 15) is 4.79 Å². The summed E-state index contributed by atoms with van der Waals surface area (Å²) in [6.07, 6.45) is 0.913. The summed E-state index contributed by atoms with van der Waals surface area (Å²) in [6.45, 7) is 3.53. The van der Waals surface area contributed by atoms with Crippen molar-refractivity contribution in [3.63, 3.8) is 0 Å². The van der Waals surface area contributed by atoms with Gasteiger partial charge in [0.25, 0.3) is 0 Å². The first-order chi connectivity index (χ1) is 8.75. The van der Waals surface area contributed by atoms with E-state index in [-0.39, 0.29) is 0 Å². The number of carbonyl (C=O) groups excluding carboxylic acids is 1. The highest BCUT2D eigenvalue weighted by Gasteiger charge is 2.20. The Kier molecular flexibility index (Phi) is 2.63. The molecule has 2 heteroatoms. The Hall–Kier alpha value is -2.09. The molecule has 0 aliphatic heterocycles. The largest absolute Gasteiger partial charge is 0.461 e. The number of ether oxygens (including phenoxy) is 1. The maximum atomic E-state index is 10.8. The molecule has 3 rings (SSSR count). The Labute approximate surface area is 106 Å². The molecule has 0 amide bonds. The molecule has 2 aromatic carbocycles. The molecule has 0 unspecified atom stereocenters. The highest BCUT2D eigenvalue weighted by molar-refractivity contribution is 5.78. The van der Waals surface area contributed by atoms with Crippen molar-refractivity contribution in [3.8, 4) is 11.1 Å². The molecule has 1 radical (unpaired) electrons. The van der Waals surface area contributed by atoms with Gasteiger partial charge in [-0.25, -0.2) is 0 Å². The highest BCUT2D eigenvalue weighted by atomic mass is 16.5. The average Bonchev–Trinajstić information content (AvgIpc) is 2.75. The van der Waals surface area contributed by atoms with Gasteiger partial charge >= 0.3 is 5.97 Å². The summed E-state index contributed by atoms with van der Waals surface area (Å²) < 4.78 is 5.00. The van der Waals surface area contributed by atoms with Crippen molar-refractivity contribution in [1.29, 1.82) is 0 Å². The van der Waals surface area contributed by atoms with Crippen LogP contribution in [-0.4, -0.2) is 5.97 Å². The zero-order chi connectivity index (χ0) is 12.5. The van der Waals surface area contributed by atoms with Gasteiger partial charge in [0.1, 0.15) is 6.61 Å². The average molecular weight is 237 g/mol. The molecule has 0 atom stereocenters. The van der Waals surface area contributed by atoms with E-state index in [1.54, 1.807) is 0 Å². The van der Waals surface area contributed by atoms with Gasteiger partial charge in [0, 0.05) is 0 Å². The van der Waals surface area contributed by atoms with E-state index >= 15 is 0 Å². The van der Waals surface area contributed by atoms with E-state index in [4.69, 9.17) is 4.74 Å². The number of fused-ring (bicyclic) bond motifs is 3. The van der Waals surface area contributed by atoms with Gasteiger partial charge in [-0.1, -0.05) is 42.5 Å². The summed E-state index contributed by atoms with van der Waals surface area (Å²) in [7, 11) is 0. The summed E-state index contributed by atoms with van der Waals surface area (Å²) in [5.41, 5.74) is 6.21. The zero-order valence-electron chi connectivity index (χ0n) is 9.98. The summed E-state index contributed by atoms with van der Waals surface area (Å²) in [4.78, 5) is 10.8. The molecule has 0 saturated heterocycles. The second-order valence-electron chi connectivity index (χ2n) is 4.44. The van der Waals surface area contributed by atoms with Crippen LogP contribution in [0.5, 0.6) is 0 Å². The number of hydrogen-bond acceptors (Lipinski definition) is 2. The Bertz CT molecular complexity index is 614. The van der Waals surface area contributed by atoms with Crippen molar-refractivity contribution in [1.82, 2.24) is 0 Å². The monoisotopic (exact) mass is 237 g/mol. The third-order valence-corrected chi connectivity index (χ3v) is 3.34. The van der Waals surface area contributed by atoms with Crippen LogP contribution in [-0.2, 0) is 22.6 Å². The van der Waals surface area contributed by atoms with Crippen LogP contribution in [0.1, 0.15) is 16.7 Å². The Morgan fingerprint density at radius 1 is 1.11 bits per heavy atom. The molecule has 1 aliphatic carbocycles. The van der Waals surface area contributed by atoms with Crippen LogP contribution in [0.25, 0.3) is 11.1 Å². The topological polar surface area (TPSA) is 26.3 Å². The molecular weight excluding hydrogens is 224 g/mol. The Balaban J connectivity index is 2.00. The summed E-state index contributed by atoms with van der Waals surface area (Å²) in [6, 6.07) is 14.5. The van der Waals surface area contributed by atoms with Crippen molar-refractivity contribution in [2.75, 3.05) is 0 Å². The summed E-state index contributed by atoms with van der Waals surface area (Å²) >= 11 is 0. The molecule has 0 bridgehead atoms. The fourth-order valence-electron chi connectivity index (χ4n) is 2.52. The highest BCUT2D eigenvalue weighted by Crippen LogP contribution is 2.38. The molecule has 0 N–H and O–H groups in total. The minimum atomic E-state index is -0.483. The molecule has 0 saturated carbocycles. The smallest absolute Gasteiger partial charge is 0.306 e. The van der Waals surface area contributed by atoms with Crippen molar-refractivity contribution >= 4 is 5.97 Å². The maximum absolute atomic E-state index is 10.8. The molecule has 89 valence electrons. The van der Waals surface area contributed by atoms with E-state index < -0.39 is 5.97 Å². The number of esters is 1. The first-order valence-electron chi connectivity index (χ1n) is 5.93. The van der Waals surface area contributed by atoms with Gasteiger partial charge in [-0.3, -0.25) is 4.79 Å². The van der Waals surface area contributed by atoms with E-state index in [1.807, 2.05) is 12.1 Å². The quantitative estimate of drug-likeness (QED) is 0.640. The van der Waals surface area contributed by atoms with Crippen LogP contribution in [0.2, 0.25) is 0 Å². The van der Waals surface area contributed by atoms with Crippen LogP contribution in [0.15, 0.2) is 42.5 Å². The molecule has 0 heterocycles. The first kappa shape index (κ1) is 11.0. The predicted octanol–water partition coefficient (Wildman–Crippen LogP) is 3.14. The normalized spacial score (nSPS) is 11.8. The van der Waals surface area contributed by atoms with Gasteiger partial charge < -0.3 is 4.74 Å². The van der Waals surface area contributed by atoms with Crippen molar-refractivity contribution < 1.29 is 9.53 Å². The van der Waals surface area contributed by atoms with Crippen LogP contribution in [0.4, 0.5) is 0 Å². The van der Waals surface area contributed by atoms with E-state index in [0.29, 0.717) is 6.61 Å². The van der Waals surface area contributed by atoms with E-state index in [0.717, 1.165) is 12.0 Å². The molecule has 0 spiro atoms. The molecule has 2 nitrogen and oxygen atoms in total. The predicted molar refractivity (Wildman–Crippen MR) is 69.8 cm³/mol. The molecule has 0 fully saturated rings. The van der Waals surface area contributed by atoms with Gasteiger partial charge in [-0.2, -0.15) is 0 Å². The fourth-order valence-corrected chi connectivity index (χ4v) is 2.52. The van der Waals surface area contributed by atoms with Crippen molar-refractivity contribution in [2.24, 2.45) is 0 Å². The standard InChI is InChI=1S/C16H13O2/c1-11(17)18-10-13-6-4-8-15-14-7-3-2-5-12(14)9-16(13)15/h2-8H,1,9-10H2. The maximum Gasteiger partial charge on any atom is 0.306 e. The minimum Gasteiger partial charge on any atom is -0.461 e. The van der Waals surface area contributed by atoms with Gasteiger partial charge in [0.15, 0.2) is 0 Å². The number of hydrogen-bond donors (Lipinski definition) is 0. The zero-order valence-corrected chi connectivity index (χ0v) is 9.98. The minimum absolute atomic E-state index is 0.305. The second-order valence-corrected chi connectivity index (χ2v) is 4.44. The van der Waals surface area contributed by atoms with E-state index in [1.165, 1.54) is 22.3 Å². The lowest BCUT2D eigenvalue weighted by Gasteiger charge is -2.08. The molecule has 2 aromatic rings. The summed E-state index contributed by atoms with van der Waals surface area (Å²) in [5.74, 6) is -0.483. The second kappa shape index (κ2) is 4.30. The Morgan fingerprint density at radius 3 is 2.72 bits per heavy atom. The van der Waals surface area contributed by atoms with Crippen LogP contribution in [0, 0.1) is 6.92 Å². The number of rotatable bonds is 2. The third kappa shape index (κ3) is 1.80. The third-order valence-electron chi connectivity index (χ3n) is 3.34. The van der Waals surface area contributed by atoms with Crippen molar-refractivity contribution in [3.05, 3.63) is 66.1 Å². The lowest BCUT2D eigenvalue weighted by Crippen LogP contribution is -2.01. The van der Waals surface area contributed by atoms with Gasteiger partial charge in [0.05, 0.1) is 6.92 Å². The van der Waals surface area contributed by atoms with Gasteiger partial charge in [-0.15, -0.1) is 0 Å².